The lowest BCUT2D eigenvalue weighted by molar-refractivity contribution is 0.200. The van der Waals surface area contributed by atoms with Crippen molar-refractivity contribution in [1.82, 2.24) is 15.2 Å². The molecule has 1 aromatic carbocycles. The van der Waals surface area contributed by atoms with Crippen molar-refractivity contribution in [3.63, 3.8) is 0 Å². The maximum atomic E-state index is 6.12. The number of rotatable bonds is 4. The molecule has 3 aromatic rings. The molecule has 0 bridgehead atoms. The molecule has 5 heteroatoms. The molecule has 5 nitrogen and oxygen atoms in total. The minimum Gasteiger partial charge on any atom is -0.488 e. The molecule has 1 saturated heterocycles. The summed E-state index contributed by atoms with van der Waals surface area (Å²) >= 11 is 0. The monoisotopic (exact) mass is 334 g/mol. The normalized spacial score (nSPS) is 19.0. The fourth-order valence-electron chi connectivity index (χ4n) is 3.47. The van der Waals surface area contributed by atoms with E-state index in [1.807, 2.05) is 24.4 Å². The molecule has 0 spiro atoms. The molecule has 3 heterocycles. The Morgan fingerprint density at radius 1 is 1.20 bits per heavy atom. The second kappa shape index (κ2) is 5.22. The molecule has 1 saturated carbocycles. The number of anilines is 1. The van der Waals surface area contributed by atoms with Gasteiger partial charge in [-0.2, -0.15) is 5.10 Å². The van der Waals surface area contributed by atoms with Gasteiger partial charge in [-0.1, -0.05) is 6.92 Å². The van der Waals surface area contributed by atoms with Gasteiger partial charge in [0, 0.05) is 30.2 Å². The number of hydrogen-bond acceptors (Lipinski definition) is 4. The topological polar surface area (TPSA) is 54.0 Å². The summed E-state index contributed by atoms with van der Waals surface area (Å²) in [7, 11) is 0. The Kier molecular flexibility index (Phi) is 3.08. The van der Waals surface area contributed by atoms with Crippen molar-refractivity contribution in [2.24, 2.45) is 5.92 Å². The third kappa shape index (κ3) is 2.64. The van der Waals surface area contributed by atoms with Gasteiger partial charge in [0.25, 0.3) is 0 Å². The molecule has 25 heavy (non-hydrogen) atoms. The third-order valence-electron chi connectivity index (χ3n) is 5.27. The van der Waals surface area contributed by atoms with E-state index < -0.39 is 0 Å². The number of fused-ring (bicyclic) bond motifs is 1. The van der Waals surface area contributed by atoms with E-state index in [0.29, 0.717) is 0 Å². The van der Waals surface area contributed by atoms with Crippen molar-refractivity contribution in [2.45, 2.75) is 32.3 Å². The van der Waals surface area contributed by atoms with Crippen LogP contribution in [0.25, 0.3) is 22.2 Å². The van der Waals surface area contributed by atoms with E-state index in [-0.39, 0.29) is 5.60 Å². The quantitative estimate of drug-likeness (QED) is 0.783. The highest BCUT2D eigenvalue weighted by atomic mass is 16.5. The van der Waals surface area contributed by atoms with Crippen LogP contribution in [0.15, 0.2) is 36.5 Å². The highest BCUT2D eigenvalue weighted by molar-refractivity contribution is 5.94. The van der Waals surface area contributed by atoms with Gasteiger partial charge in [-0.05, 0) is 56.0 Å². The maximum Gasteiger partial charge on any atom is 0.129 e. The van der Waals surface area contributed by atoms with Crippen LogP contribution >= 0.6 is 0 Å². The van der Waals surface area contributed by atoms with Gasteiger partial charge in [-0.25, -0.2) is 4.98 Å². The SMILES string of the molecule is CC1CN(c2cc(-c3[nH]nc4ccc(OC5(C)CC5)cc34)ccn2)C1. The Morgan fingerprint density at radius 3 is 2.80 bits per heavy atom. The molecular weight excluding hydrogens is 312 g/mol. The van der Waals surface area contributed by atoms with E-state index in [2.05, 4.69) is 46.1 Å². The summed E-state index contributed by atoms with van der Waals surface area (Å²) < 4.78 is 6.12. The van der Waals surface area contributed by atoms with Crippen LogP contribution in [0.3, 0.4) is 0 Å². The van der Waals surface area contributed by atoms with Gasteiger partial charge >= 0.3 is 0 Å². The number of hydrogen-bond donors (Lipinski definition) is 1. The van der Waals surface area contributed by atoms with Gasteiger partial charge in [0.05, 0.1) is 11.2 Å². The number of ether oxygens (including phenoxy) is 1. The number of nitrogens with zero attached hydrogens (tertiary/aromatic N) is 3. The maximum absolute atomic E-state index is 6.12. The molecule has 1 N–H and O–H groups in total. The standard InChI is InChI=1S/C20H22N4O/c1-13-11-24(12-13)18-9-14(5-8-21-18)19-16-10-15(25-20(2)6-7-20)3-4-17(16)22-23-19/h3-5,8-10,13H,6-7,11-12H2,1-2H3,(H,22,23). The van der Waals surface area contributed by atoms with E-state index in [9.17, 15) is 0 Å². The molecular formula is C20H22N4O. The smallest absolute Gasteiger partial charge is 0.129 e. The first-order chi connectivity index (χ1) is 12.1. The van der Waals surface area contributed by atoms with Crippen LogP contribution in [0.1, 0.15) is 26.7 Å². The van der Waals surface area contributed by atoms with Crippen LogP contribution in [-0.2, 0) is 0 Å². The molecule has 2 fully saturated rings. The Morgan fingerprint density at radius 2 is 2.04 bits per heavy atom. The molecule has 0 amide bonds. The zero-order valence-corrected chi connectivity index (χ0v) is 14.6. The minimum absolute atomic E-state index is 0.0234. The van der Waals surface area contributed by atoms with Crippen molar-refractivity contribution in [3.8, 4) is 17.0 Å². The first kappa shape index (κ1) is 14.8. The van der Waals surface area contributed by atoms with E-state index >= 15 is 0 Å². The summed E-state index contributed by atoms with van der Waals surface area (Å²) in [5.41, 5.74) is 3.12. The van der Waals surface area contributed by atoms with E-state index in [4.69, 9.17) is 4.74 Å². The lowest BCUT2D eigenvalue weighted by atomic mass is 10.0. The van der Waals surface area contributed by atoms with Gasteiger partial charge in [0.15, 0.2) is 0 Å². The number of aromatic nitrogens is 3. The van der Waals surface area contributed by atoms with Crippen LogP contribution < -0.4 is 9.64 Å². The lowest BCUT2D eigenvalue weighted by Crippen LogP contribution is -2.45. The Balaban J connectivity index is 1.51. The number of H-pyrrole nitrogens is 1. The first-order valence-electron chi connectivity index (χ1n) is 8.98. The van der Waals surface area contributed by atoms with Crippen LogP contribution in [0.5, 0.6) is 5.75 Å². The molecule has 0 atom stereocenters. The number of aromatic amines is 1. The van der Waals surface area contributed by atoms with Crippen molar-refractivity contribution in [2.75, 3.05) is 18.0 Å². The molecule has 0 radical (unpaired) electrons. The Labute approximate surface area is 147 Å². The summed E-state index contributed by atoms with van der Waals surface area (Å²) in [6.07, 6.45) is 4.14. The molecule has 1 aliphatic heterocycles. The van der Waals surface area contributed by atoms with Gasteiger partial charge in [0.2, 0.25) is 0 Å². The van der Waals surface area contributed by atoms with Crippen molar-refractivity contribution < 1.29 is 4.74 Å². The van der Waals surface area contributed by atoms with Crippen LogP contribution in [-0.4, -0.2) is 33.9 Å². The molecule has 1 aliphatic carbocycles. The van der Waals surface area contributed by atoms with Crippen molar-refractivity contribution in [1.29, 1.82) is 0 Å². The first-order valence-corrected chi connectivity index (χ1v) is 8.98. The average Bonchev–Trinajstić information content (AvgIpc) is 3.16. The van der Waals surface area contributed by atoms with Crippen LogP contribution in [0.4, 0.5) is 5.82 Å². The summed E-state index contributed by atoms with van der Waals surface area (Å²) in [4.78, 5) is 6.84. The van der Waals surface area contributed by atoms with Crippen molar-refractivity contribution in [3.05, 3.63) is 36.5 Å². The molecule has 5 rings (SSSR count). The molecule has 128 valence electrons. The number of benzene rings is 1. The second-order valence-corrected chi connectivity index (χ2v) is 7.74. The van der Waals surface area contributed by atoms with Gasteiger partial charge < -0.3 is 9.64 Å². The van der Waals surface area contributed by atoms with Gasteiger partial charge in [0.1, 0.15) is 17.2 Å². The van der Waals surface area contributed by atoms with E-state index in [1.54, 1.807) is 0 Å². The predicted octanol–water partition coefficient (Wildman–Crippen LogP) is 4.01. The van der Waals surface area contributed by atoms with Gasteiger partial charge in [-0.3, -0.25) is 5.10 Å². The van der Waals surface area contributed by atoms with E-state index in [0.717, 1.165) is 65.6 Å². The highest BCUT2D eigenvalue weighted by Crippen LogP contribution is 2.40. The third-order valence-corrected chi connectivity index (χ3v) is 5.27. The summed E-state index contributed by atoms with van der Waals surface area (Å²) in [5, 5.41) is 8.74. The van der Waals surface area contributed by atoms with Crippen molar-refractivity contribution >= 4 is 16.7 Å². The Bertz CT molecular complexity index is 938. The fourth-order valence-corrected chi connectivity index (χ4v) is 3.47. The molecule has 2 aromatic heterocycles. The van der Waals surface area contributed by atoms with Gasteiger partial charge in [-0.15, -0.1) is 0 Å². The summed E-state index contributed by atoms with van der Waals surface area (Å²) in [6, 6.07) is 10.3. The summed E-state index contributed by atoms with van der Waals surface area (Å²) in [5.74, 6) is 2.71. The largest absolute Gasteiger partial charge is 0.488 e. The van der Waals surface area contributed by atoms with E-state index in [1.165, 1.54) is 0 Å². The zero-order chi connectivity index (χ0) is 17.0. The molecule has 2 aliphatic rings. The fraction of sp³-hybridized carbons (Fsp3) is 0.400. The lowest BCUT2D eigenvalue weighted by Gasteiger charge is -2.38. The number of pyridine rings is 1. The van der Waals surface area contributed by atoms with Crippen LogP contribution in [0.2, 0.25) is 0 Å². The zero-order valence-electron chi connectivity index (χ0n) is 14.6. The second-order valence-electron chi connectivity index (χ2n) is 7.74. The average molecular weight is 334 g/mol. The summed E-state index contributed by atoms with van der Waals surface area (Å²) in [6.45, 7) is 6.59. The highest BCUT2D eigenvalue weighted by Gasteiger charge is 2.40. The molecule has 0 unspecified atom stereocenters. The number of nitrogens with one attached hydrogen (secondary N) is 1. The van der Waals surface area contributed by atoms with Crippen LogP contribution in [0, 0.1) is 5.92 Å². The minimum atomic E-state index is 0.0234. The predicted molar refractivity (Wildman–Crippen MR) is 99.0 cm³/mol. The Hall–Kier alpha value is -2.56.